The number of aromatic nitrogens is 1. The summed E-state index contributed by atoms with van der Waals surface area (Å²) in [5.41, 5.74) is 1.65. The zero-order chi connectivity index (χ0) is 16.1. The monoisotopic (exact) mass is 299 g/mol. The molecule has 2 rings (SSSR count). The van der Waals surface area contributed by atoms with Gasteiger partial charge in [-0.1, -0.05) is 12.1 Å². The van der Waals surface area contributed by atoms with Crippen LogP contribution in [0.25, 0.3) is 0 Å². The Labute approximate surface area is 131 Å². The van der Waals surface area contributed by atoms with E-state index in [1.807, 2.05) is 43.3 Å². The van der Waals surface area contributed by atoms with Crippen molar-refractivity contribution < 1.29 is 9.53 Å². The molecule has 1 aromatic carbocycles. The SMILES string of the molecule is COc1cccc(CN(C)C(=O)c2ccnc(N(C)C)c2)c1. The molecule has 116 valence electrons. The van der Waals surface area contributed by atoms with E-state index in [9.17, 15) is 4.79 Å². The van der Waals surface area contributed by atoms with Gasteiger partial charge < -0.3 is 14.5 Å². The van der Waals surface area contributed by atoms with Crippen molar-refractivity contribution in [2.75, 3.05) is 33.2 Å². The van der Waals surface area contributed by atoms with Crippen LogP contribution in [-0.4, -0.2) is 44.0 Å². The Balaban J connectivity index is 2.13. The van der Waals surface area contributed by atoms with E-state index < -0.39 is 0 Å². The number of carbonyl (C=O) groups excluding carboxylic acids is 1. The Hall–Kier alpha value is -2.56. The fourth-order valence-electron chi connectivity index (χ4n) is 2.13. The van der Waals surface area contributed by atoms with Crippen molar-refractivity contribution in [3.63, 3.8) is 0 Å². The van der Waals surface area contributed by atoms with Gasteiger partial charge in [-0.3, -0.25) is 4.79 Å². The van der Waals surface area contributed by atoms with Crippen molar-refractivity contribution >= 4 is 11.7 Å². The van der Waals surface area contributed by atoms with Crippen LogP contribution in [0.15, 0.2) is 42.6 Å². The van der Waals surface area contributed by atoms with Crippen LogP contribution in [0.1, 0.15) is 15.9 Å². The molecule has 0 aliphatic carbocycles. The van der Waals surface area contributed by atoms with Crippen molar-refractivity contribution in [2.45, 2.75) is 6.54 Å². The molecular weight excluding hydrogens is 278 g/mol. The Morgan fingerprint density at radius 3 is 2.64 bits per heavy atom. The number of hydrogen-bond donors (Lipinski definition) is 0. The van der Waals surface area contributed by atoms with Crippen molar-refractivity contribution in [1.29, 1.82) is 0 Å². The van der Waals surface area contributed by atoms with Crippen LogP contribution in [0, 0.1) is 0 Å². The van der Waals surface area contributed by atoms with Crippen molar-refractivity contribution in [3.8, 4) is 5.75 Å². The summed E-state index contributed by atoms with van der Waals surface area (Å²) in [5.74, 6) is 1.52. The number of hydrogen-bond acceptors (Lipinski definition) is 4. The number of nitrogens with zero attached hydrogens (tertiary/aromatic N) is 3. The van der Waals surface area contributed by atoms with Crippen LogP contribution < -0.4 is 9.64 Å². The summed E-state index contributed by atoms with van der Waals surface area (Å²) in [4.78, 5) is 20.3. The molecule has 0 N–H and O–H groups in total. The van der Waals surface area contributed by atoms with Gasteiger partial charge >= 0.3 is 0 Å². The molecule has 0 atom stereocenters. The van der Waals surface area contributed by atoms with Crippen molar-refractivity contribution in [2.24, 2.45) is 0 Å². The van der Waals surface area contributed by atoms with E-state index in [1.54, 1.807) is 37.4 Å². The second-order valence-corrected chi connectivity index (χ2v) is 5.31. The predicted octanol–water partition coefficient (Wildman–Crippen LogP) is 2.43. The van der Waals surface area contributed by atoms with Crippen LogP contribution >= 0.6 is 0 Å². The fraction of sp³-hybridized carbons (Fsp3) is 0.294. The van der Waals surface area contributed by atoms with E-state index in [2.05, 4.69) is 4.98 Å². The second-order valence-electron chi connectivity index (χ2n) is 5.31. The van der Waals surface area contributed by atoms with Gasteiger partial charge in [0.05, 0.1) is 7.11 Å². The Morgan fingerprint density at radius 2 is 1.95 bits per heavy atom. The number of ether oxygens (including phenoxy) is 1. The minimum absolute atomic E-state index is 0.0340. The smallest absolute Gasteiger partial charge is 0.254 e. The van der Waals surface area contributed by atoms with E-state index in [0.717, 1.165) is 17.1 Å². The molecule has 22 heavy (non-hydrogen) atoms. The summed E-state index contributed by atoms with van der Waals surface area (Å²) in [6, 6.07) is 11.2. The number of anilines is 1. The third-order valence-electron chi connectivity index (χ3n) is 3.35. The lowest BCUT2D eigenvalue weighted by Crippen LogP contribution is -2.26. The molecule has 1 amide bonds. The van der Waals surface area contributed by atoms with E-state index in [0.29, 0.717) is 12.1 Å². The number of pyridine rings is 1. The summed E-state index contributed by atoms with van der Waals surface area (Å²) in [5, 5.41) is 0. The quantitative estimate of drug-likeness (QED) is 0.850. The van der Waals surface area contributed by atoms with Gasteiger partial charge in [-0.2, -0.15) is 0 Å². The number of amides is 1. The molecule has 0 radical (unpaired) electrons. The highest BCUT2D eigenvalue weighted by atomic mass is 16.5. The molecule has 1 aromatic heterocycles. The molecule has 1 heterocycles. The molecule has 0 unspecified atom stereocenters. The van der Waals surface area contributed by atoms with Crippen LogP contribution in [-0.2, 0) is 6.54 Å². The summed E-state index contributed by atoms with van der Waals surface area (Å²) in [6.45, 7) is 0.523. The van der Waals surface area contributed by atoms with Crippen LogP contribution in [0.2, 0.25) is 0 Å². The first-order valence-electron chi connectivity index (χ1n) is 7.03. The van der Waals surface area contributed by atoms with E-state index >= 15 is 0 Å². The predicted molar refractivity (Wildman–Crippen MR) is 87.4 cm³/mol. The van der Waals surface area contributed by atoms with Crippen LogP contribution in [0.4, 0.5) is 5.82 Å². The van der Waals surface area contributed by atoms with Gasteiger partial charge in [0, 0.05) is 39.4 Å². The van der Waals surface area contributed by atoms with Gasteiger partial charge in [0.1, 0.15) is 11.6 Å². The van der Waals surface area contributed by atoms with Crippen molar-refractivity contribution in [3.05, 3.63) is 53.7 Å². The largest absolute Gasteiger partial charge is 0.497 e. The third kappa shape index (κ3) is 3.75. The molecule has 2 aromatic rings. The number of benzene rings is 1. The van der Waals surface area contributed by atoms with Gasteiger partial charge in [-0.15, -0.1) is 0 Å². The van der Waals surface area contributed by atoms with Crippen LogP contribution in [0.3, 0.4) is 0 Å². The minimum Gasteiger partial charge on any atom is -0.497 e. The molecule has 5 heteroatoms. The maximum Gasteiger partial charge on any atom is 0.254 e. The van der Waals surface area contributed by atoms with E-state index in [1.165, 1.54) is 0 Å². The molecule has 0 spiro atoms. The minimum atomic E-state index is -0.0340. The summed E-state index contributed by atoms with van der Waals surface area (Å²) >= 11 is 0. The molecule has 0 saturated heterocycles. The van der Waals surface area contributed by atoms with Gasteiger partial charge in [-0.05, 0) is 29.8 Å². The van der Waals surface area contributed by atoms with E-state index in [4.69, 9.17) is 4.74 Å². The third-order valence-corrected chi connectivity index (χ3v) is 3.35. The van der Waals surface area contributed by atoms with E-state index in [-0.39, 0.29) is 5.91 Å². The Morgan fingerprint density at radius 1 is 1.18 bits per heavy atom. The second kappa shape index (κ2) is 6.93. The van der Waals surface area contributed by atoms with Gasteiger partial charge in [0.15, 0.2) is 0 Å². The maximum absolute atomic E-state index is 12.5. The first-order valence-corrected chi connectivity index (χ1v) is 7.03. The highest BCUT2D eigenvalue weighted by Crippen LogP contribution is 2.16. The van der Waals surface area contributed by atoms with Gasteiger partial charge in [0.25, 0.3) is 5.91 Å². The average Bonchev–Trinajstić information content (AvgIpc) is 2.54. The summed E-state index contributed by atoms with van der Waals surface area (Å²) in [6.07, 6.45) is 1.65. The number of rotatable bonds is 5. The summed E-state index contributed by atoms with van der Waals surface area (Å²) in [7, 11) is 7.22. The van der Waals surface area contributed by atoms with Gasteiger partial charge in [0.2, 0.25) is 0 Å². The fourth-order valence-corrected chi connectivity index (χ4v) is 2.13. The lowest BCUT2D eigenvalue weighted by molar-refractivity contribution is 0.0785. The highest BCUT2D eigenvalue weighted by molar-refractivity contribution is 5.94. The first-order chi connectivity index (χ1) is 10.5. The highest BCUT2D eigenvalue weighted by Gasteiger charge is 2.13. The molecule has 0 bridgehead atoms. The van der Waals surface area contributed by atoms with Gasteiger partial charge in [-0.25, -0.2) is 4.98 Å². The molecular formula is C17H21N3O2. The topological polar surface area (TPSA) is 45.7 Å². The molecule has 0 saturated carbocycles. The zero-order valence-electron chi connectivity index (χ0n) is 13.4. The maximum atomic E-state index is 12.5. The lowest BCUT2D eigenvalue weighted by Gasteiger charge is -2.19. The average molecular weight is 299 g/mol. The Kier molecular flexibility index (Phi) is 4.99. The number of methoxy groups -OCH3 is 1. The lowest BCUT2D eigenvalue weighted by atomic mass is 10.1. The molecule has 5 nitrogen and oxygen atoms in total. The molecule has 0 fully saturated rings. The summed E-state index contributed by atoms with van der Waals surface area (Å²) < 4.78 is 5.21. The normalized spacial score (nSPS) is 10.2. The first kappa shape index (κ1) is 15.8. The molecule has 0 aliphatic heterocycles. The standard InChI is InChI=1S/C17H21N3O2/c1-19(2)16-11-14(8-9-18-16)17(21)20(3)12-13-6-5-7-15(10-13)22-4/h5-11H,12H2,1-4H3. The Bertz CT molecular complexity index is 656. The van der Waals surface area contributed by atoms with Crippen LogP contribution in [0.5, 0.6) is 5.75 Å². The van der Waals surface area contributed by atoms with Crippen molar-refractivity contribution in [1.82, 2.24) is 9.88 Å². The zero-order valence-corrected chi connectivity index (χ0v) is 13.4. The number of carbonyl (C=O) groups is 1. The molecule has 0 aliphatic rings.